The topological polar surface area (TPSA) is 78.6 Å². The summed E-state index contributed by atoms with van der Waals surface area (Å²) in [5.41, 5.74) is 3.31. The minimum Gasteiger partial charge on any atom is -0.497 e. The highest BCUT2D eigenvalue weighted by molar-refractivity contribution is 6.63. The summed E-state index contributed by atoms with van der Waals surface area (Å²) in [4.78, 5) is 23.1. The fourth-order valence-electron chi connectivity index (χ4n) is 2.29. The molecule has 1 amide bonds. The highest BCUT2D eigenvalue weighted by Gasteiger charge is 2.06. The van der Waals surface area contributed by atoms with Crippen molar-refractivity contribution in [2.75, 3.05) is 14.1 Å². The van der Waals surface area contributed by atoms with Crippen LogP contribution in [0.4, 0.5) is 0 Å². The number of hydrogen-bond acceptors (Lipinski definition) is 4. The lowest BCUT2D eigenvalue weighted by atomic mass is 10.0. The zero-order chi connectivity index (χ0) is 42.1. The van der Waals surface area contributed by atoms with Crippen LogP contribution in [0.1, 0.15) is 41.3 Å². The minimum atomic E-state index is -3.10. The Balaban J connectivity index is 0.000000290. The van der Waals surface area contributed by atoms with Gasteiger partial charge in [0.1, 0.15) is 11.5 Å². The molecule has 0 aliphatic rings. The molecule has 0 atom stereocenters. The number of halogens is 1. The van der Waals surface area contributed by atoms with Crippen molar-refractivity contribution in [1.29, 1.82) is 0 Å². The van der Waals surface area contributed by atoms with Crippen LogP contribution in [0.25, 0.3) is 21.5 Å². The molecule has 0 unspecified atom stereocenters. The lowest BCUT2D eigenvalue weighted by Gasteiger charge is -2.06. The van der Waals surface area contributed by atoms with Gasteiger partial charge in [0.2, 0.25) is 11.1 Å². The second-order valence-electron chi connectivity index (χ2n) is 5.50. The quantitative estimate of drug-likeness (QED) is 0.400. The van der Waals surface area contributed by atoms with Crippen LogP contribution >= 0.6 is 11.6 Å². The van der Waals surface area contributed by atoms with E-state index in [0.29, 0.717) is 0 Å². The number of primary amides is 1. The largest absolute Gasteiger partial charge is 0.497 e. The fraction of sp³-hybridized carbons (Fsp3) is 0.154. The molecule has 4 aromatic carbocycles. The predicted molar refractivity (Wildman–Crippen MR) is 128 cm³/mol. The van der Waals surface area contributed by atoms with Crippen molar-refractivity contribution in [3.05, 3.63) is 83.6 Å². The van der Waals surface area contributed by atoms with Crippen LogP contribution in [0.2, 0.25) is 0 Å². The monoisotopic (exact) mass is 471 g/mol. The Morgan fingerprint density at radius 2 is 1.38 bits per heavy atom. The first-order valence-corrected chi connectivity index (χ1v) is 8.58. The van der Waals surface area contributed by atoms with Crippen molar-refractivity contribution in [3.63, 3.8) is 0 Å². The van der Waals surface area contributed by atoms with Crippen LogP contribution in [-0.2, 0) is 22.3 Å². The molecule has 0 heterocycles. The Morgan fingerprint density at radius 3 is 1.81 bits per heavy atom. The van der Waals surface area contributed by atoms with Crippen molar-refractivity contribution in [3.8, 4) is 11.5 Å². The summed E-state index contributed by atoms with van der Waals surface area (Å²) in [6, 6.07) is -10.1. The van der Waals surface area contributed by atoms with Gasteiger partial charge in [-0.2, -0.15) is 0 Å². The zero-order valence-corrected chi connectivity index (χ0v) is 16.3. The molecule has 0 saturated heterocycles. The number of benzene rings is 4. The van der Waals surface area contributed by atoms with Crippen LogP contribution in [0.15, 0.2) is 72.5 Å². The van der Waals surface area contributed by atoms with Gasteiger partial charge in [0.05, 0.1) is 45.1 Å². The van der Waals surface area contributed by atoms with E-state index in [1.165, 1.54) is 0 Å². The van der Waals surface area contributed by atoms with Gasteiger partial charge in [-0.1, -0.05) is 48.3 Å². The third-order valence-corrected chi connectivity index (χ3v) is 3.60. The molecule has 2 N–H and O–H groups in total. The van der Waals surface area contributed by atoms with Crippen molar-refractivity contribution in [1.82, 2.24) is 0 Å². The predicted octanol–water partition coefficient (Wildman–Crippen LogP) is 5.03. The average molecular weight is 472 g/mol. The summed E-state index contributed by atoms with van der Waals surface area (Å²) in [5.74, 6) is -3.35. The second-order valence-corrected chi connectivity index (χ2v) is 5.84. The smallest absolute Gasteiger partial charge is 0.226 e. The molecule has 0 fully saturated rings. The Bertz CT molecular complexity index is 2090. The number of carbonyl (C=O) groups excluding carboxylic acids is 2. The molecule has 32 heavy (non-hydrogen) atoms. The van der Waals surface area contributed by atoms with E-state index in [-0.39, 0.29) is 0 Å². The van der Waals surface area contributed by atoms with Gasteiger partial charge >= 0.3 is 0 Å². The summed E-state index contributed by atoms with van der Waals surface area (Å²) in [5, 5.41) is -3.98. The molecule has 164 valence electrons. The SMILES string of the molecule is [2H]c1c([2H])c(C([2H])([2H])C(=O)Cl)c2c([2H])c(OC([2H])([2H])[2H])c([2H])c([2H])c2c1[2H].[2H]c1c([2H])c(C([2H])([2H])C(N)=O)c2c([2H])c(OC([2H])([2H])[2H])c([2H])c([2H])c2c1[2H]. The van der Waals surface area contributed by atoms with Gasteiger partial charge in [-0.3, -0.25) is 9.59 Å². The second kappa shape index (κ2) is 10.6. The molecule has 0 bridgehead atoms. The highest BCUT2D eigenvalue weighted by atomic mass is 35.5. The van der Waals surface area contributed by atoms with E-state index < -0.39 is 155 Å². The van der Waals surface area contributed by atoms with E-state index in [0.717, 1.165) is 0 Å². The Morgan fingerprint density at radius 1 is 0.875 bits per heavy atom. The maximum Gasteiger partial charge on any atom is 0.226 e. The van der Waals surface area contributed by atoms with Crippen LogP contribution < -0.4 is 15.2 Å². The average Bonchev–Trinajstić information content (AvgIpc) is 3.03. The maximum absolute atomic E-state index is 11.6. The molecular weight excluding hydrogens is 426 g/mol. The number of amides is 1. The molecule has 4 rings (SSSR count). The molecular formula is C26H24ClNO4. The maximum atomic E-state index is 11.6. The first kappa shape index (κ1) is 7.78. The van der Waals surface area contributed by atoms with E-state index in [4.69, 9.17) is 47.5 Å². The molecule has 0 radical (unpaired) electrons. The van der Waals surface area contributed by atoms with Gasteiger partial charge in [-0.05, 0) is 68.4 Å². The van der Waals surface area contributed by atoms with Crippen LogP contribution in [-0.4, -0.2) is 25.2 Å². The number of nitrogens with two attached hydrogens (primary N) is 1. The molecule has 0 aliphatic carbocycles. The van der Waals surface area contributed by atoms with Crippen molar-refractivity contribution < 1.29 is 49.2 Å². The summed E-state index contributed by atoms with van der Waals surface area (Å²) in [6.45, 7) is 0. The number of methoxy groups -OCH3 is 2. The molecule has 0 spiro atoms. The number of ether oxygens (including phenoxy) is 2. The van der Waals surface area contributed by atoms with Crippen molar-refractivity contribution in [2.45, 2.75) is 12.7 Å². The van der Waals surface area contributed by atoms with E-state index in [1.807, 2.05) is 0 Å². The molecule has 5 nitrogen and oxygen atoms in total. The van der Waals surface area contributed by atoms with Crippen LogP contribution in [0.5, 0.6) is 11.5 Å². The molecule has 4 aromatic rings. The number of carbonyl (C=O) groups is 2. The van der Waals surface area contributed by atoms with Crippen molar-refractivity contribution >= 4 is 44.3 Å². The lowest BCUT2D eigenvalue weighted by molar-refractivity contribution is -0.117. The lowest BCUT2D eigenvalue weighted by Crippen LogP contribution is -2.13. The van der Waals surface area contributed by atoms with Gasteiger partial charge in [-0.25, -0.2) is 0 Å². The van der Waals surface area contributed by atoms with E-state index in [9.17, 15) is 9.59 Å². The summed E-state index contributed by atoms with van der Waals surface area (Å²) in [7, 11) is -6.20. The number of hydrogen-bond donors (Lipinski definition) is 1. The standard InChI is InChI=1S/C13H11ClO2.C13H13NO2/c2*1-16-11-6-5-9-3-2-4-10(7-13(14)15)12(9)8-11/h2-6,8H,7H2,1H3;2-6,8H,7H2,1H3,(H2,14,15)/i2*1D3,2D,3D,4D,5D,6D,7D2,8D. The van der Waals surface area contributed by atoms with Gasteiger partial charge in [0.15, 0.2) is 0 Å². The van der Waals surface area contributed by atoms with Gasteiger partial charge < -0.3 is 15.2 Å². The highest BCUT2D eigenvalue weighted by Crippen LogP contribution is 2.25. The Hall–Kier alpha value is -3.57. The van der Waals surface area contributed by atoms with Crippen LogP contribution in [0, 0.1) is 0 Å². The van der Waals surface area contributed by atoms with E-state index >= 15 is 0 Å². The van der Waals surface area contributed by atoms with Gasteiger partial charge in [0.25, 0.3) is 0 Å². The third kappa shape index (κ3) is 5.77. The molecule has 0 saturated carbocycles. The number of fused-ring (bicyclic) bond motifs is 2. The van der Waals surface area contributed by atoms with Gasteiger partial charge in [0, 0.05) is 11.9 Å². The van der Waals surface area contributed by atoms with Crippen molar-refractivity contribution in [2.24, 2.45) is 5.73 Å². The molecule has 0 aromatic heterocycles. The summed E-state index contributed by atoms with van der Waals surface area (Å²) < 4.78 is 179. The normalized spacial score (nSPS) is 21.9. The van der Waals surface area contributed by atoms with E-state index in [2.05, 4.69) is 9.47 Å². The van der Waals surface area contributed by atoms with Gasteiger partial charge in [-0.15, -0.1) is 0 Å². The minimum absolute atomic E-state index is 0.552. The fourth-order valence-corrected chi connectivity index (χ4v) is 2.38. The summed E-state index contributed by atoms with van der Waals surface area (Å²) in [6.07, 6.45) is -6.15. The van der Waals surface area contributed by atoms with Crippen LogP contribution in [0.3, 0.4) is 0 Å². The first-order valence-electron chi connectivity index (χ1n) is 19.2. The van der Waals surface area contributed by atoms with E-state index in [1.54, 1.807) is 0 Å². The number of rotatable bonds is 6. The zero-order valence-electron chi connectivity index (χ0n) is 37.6. The third-order valence-electron chi connectivity index (χ3n) is 3.50. The Labute approximate surface area is 222 Å². The first-order chi connectivity index (χ1) is 24.2. The summed E-state index contributed by atoms with van der Waals surface area (Å²) >= 11 is 5.27. The Kier molecular flexibility index (Phi) is 2.59. The molecule has 6 heteroatoms. The molecule has 0 aliphatic heterocycles.